The molecule has 0 aliphatic heterocycles. The minimum Gasteiger partial charge on any atom is -0.465 e. The van der Waals surface area contributed by atoms with Crippen LogP contribution in [-0.4, -0.2) is 23.1 Å². The number of esters is 1. The molecule has 1 heterocycles. The number of nitrogens with zero attached hydrogens (tertiary/aromatic N) is 2. The van der Waals surface area contributed by atoms with Gasteiger partial charge in [-0.3, -0.25) is 9.59 Å². The van der Waals surface area contributed by atoms with Gasteiger partial charge in [0, 0.05) is 0 Å². The van der Waals surface area contributed by atoms with E-state index in [4.69, 9.17) is 27.9 Å². The Hall–Kier alpha value is -2.67. The van der Waals surface area contributed by atoms with Crippen LogP contribution in [0.1, 0.15) is 12.5 Å². The van der Waals surface area contributed by atoms with E-state index in [2.05, 4.69) is 4.99 Å². The van der Waals surface area contributed by atoms with Crippen molar-refractivity contribution in [3.8, 4) is 0 Å². The predicted octanol–water partition coefficient (Wildman–Crippen LogP) is 5.40. The number of benzene rings is 3. The smallest absolute Gasteiger partial charge is 0.326 e. The molecule has 0 radical (unpaired) electrons. The highest BCUT2D eigenvalue weighted by Crippen LogP contribution is 2.32. The van der Waals surface area contributed by atoms with E-state index in [-0.39, 0.29) is 25.5 Å². The summed E-state index contributed by atoms with van der Waals surface area (Å²) >= 11 is 13.9. The van der Waals surface area contributed by atoms with Crippen LogP contribution in [0.4, 0.5) is 0 Å². The maximum atomic E-state index is 12.9. The number of rotatable bonds is 5. The molecule has 0 saturated carbocycles. The summed E-state index contributed by atoms with van der Waals surface area (Å²) in [4.78, 5) is 29.7. The van der Waals surface area contributed by atoms with Gasteiger partial charge in [-0.15, -0.1) is 0 Å². The fraction of sp³-hybridized carbons (Fsp3) is 0.174. The van der Waals surface area contributed by atoms with E-state index in [1.54, 1.807) is 23.6 Å². The molecular weight excluding hydrogens is 455 g/mol. The highest BCUT2D eigenvalue weighted by molar-refractivity contribution is 7.16. The first-order chi connectivity index (χ1) is 15.0. The van der Waals surface area contributed by atoms with Crippen molar-refractivity contribution < 1.29 is 14.3 Å². The lowest BCUT2D eigenvalue weighted by Crippen LogP contribution is -2.23. The molecular formula is C23H18Cl2N2O3S. The van der Waals surface area contributed by atoms with Crippen molar-refractivity contribution in [2.45, 2.75) is 19.9 Å². The molecule has 4 aromatic rings. The first-order valence-corrected chi connectivity index (χ1v) is 11.2. The van der Waals surface area contributed by atoms with Crippen molar-refractivity contribution in [1.29, 1.82) is 0 Å². The molecule has 0 spiro atoms. The van der Waals surface area contributed by atoms with E-state index in [0.29, 0.717) is 20.4 Å². The van der Waals surface area contributed by atoms with Crippen molar-refractivity contribution in [2.24, 2.45) is 4.99 Å². The van der Waals surface area contributed by atoms with Crippen LogP contribution in [0, 0.1) is 0 Å². The first kappa shape index (κ1) is 21.6. The second kappa shape index (κ2) is 9.22. The molecule has 5 nitrogen and oxygen atoms in total. The lowest BCUT2D eigenvalue weighted by Gasteiger charge is -2.07. The summed E-state index contributed by atoms with van der Waals surface area (Å²) in [5.41, 5.74) is 1.45. The lowest BCUT2D eigenvalue weighted by molar-refractivity contribution is -0.143. The Balaban J connectivity index is 1.77. The van der Waals surface area contributed by atoms with Crippen LogP contribution in [0.25, 0.3) is 21.0 Å². The second-order valence-electron chi connectivity index (χ2n) is 6.80. The van der Waals surface area contributed by atoms with E-state index >= 15 is 0 Å². The number of ether oxygens (including phenoxy) is 1. The molecule has 4 rings (SSSR count). The highest BCUT2D eigenvalue weighted by atomic mass is 35.5. The quantitative estimate of drug-likeness (QED) is 0.365. The normalized spacial score (nSPS) is 11.9. The van der Waals surface area contributed by atoms with Crippen LogP contribution in [-0.2, 0) is 27.3 Å². The molecule has 0 aliphatic rings. The van der Waals surface area contributed by atoms with Crippen molar-refractivity contribution in [3.63, 3.8) is 0 Å². The maximum absolute atomic E-state index is 12.9. The van der Waals surface area contributed by atoms with Crippen LogP contribution >= 0.6 is 34.5 Å². The van der Waals surface area contributed by atoms with Gasteiger partial charge in [0.2, 0.25) is 0 Å². The summed E-state index contributed by atoms with van der Waals surface area (Å²) in [7, 11) is 0. The third kappa shape index (κ3) is 4.51. The fourth-order valence-corrected chi connectivity index (χ4v) is 4.96. The van der Waals surface area contributed by atoms with E-state index in [9.17, 15) is 9.59 Å². The SMILES string of the molecule is CCOC(=O)Cn1c(=NC(=O)Cc2cccc3ccccc23)sc2ccc(Cl)c(Cl)c21. The van der Waals surface area contributed by atoms with Crippen LogP contribution in [0.5, 0.6) is 0 Å². The van der Waals surface area contributed by atoms with Gasteiger partial charge in [0.1, 0.15) is 6.54 Å². The van der Waals surface area contributed by atoms with Gasteiger partial charge in [-0.1, -0.05) is 77.0 Å². The number of aromatic nitrogens is 1. The van der Waals surface area contributed by atoms with Crippen molar-refractivity contribution >= 4 is 67.4 Å². The number of hydrogen-bond donors (Lipinski definition) is 0. The molecule has 0 unspecified atom stereocenters. The molecule has 158 valence electrons. The molecule has 0 fully saturated rings. The number of carbonyl (C=O) groups excluding carboxylic acids is 2. The lowest BCUT2D eigenvalue weighted by atomic mass is 10.0. The van der Waals surface area contributed by atoms with Crippen molar-refractivity contribution in [1.82, 2.24) is 4.57 Å². The van der Waals surface area contributed by atoms with Gasteiger partial charge in [-0.25, -0.2) is 0 Å². The van der Waals surface area contributed by atoms with E-state index in [0.717, 1.165) is 21.0 Å². The number of halogens is 2. The first-order valence-electron chi connectivity index (χ1n) is 9.65. The summed E-state index contributed by atoms with van der Waals surface area (Å²) < 4.78 is 7.44. The third-order valence-electron chi connectivity index (χ3n) is 4.77. The van der Waals surface area contributed by atoms with E-state index in [1.807, 2.05) is 42.5 Å². The van der Waals surface area contributed by atoms with Crippen LogP contribution in [0.3, 0.4) is 0 Å². The molecule has 0 atom stereocenters. The zero-order valence-corrected chi connectivity index (χ0v) is 18.9. The Labute approximate surface area is 192 Å². The largest absolute Gasteiger partial charge is 0.465 e. The summed E-state index contributed by atoms with van der Waals surface area (Å²) in [5.74, 6) is -0.760. The standard InChI is InChI=1S/C23H18Cl2N2O3S/c1-2-30-20(29)13-27-22-18(11-10-17(24)21(22)25)31-23(27)26-19(28)12-15-8-5-7-14-6-3-4-9-16(14)15/h3-11H,2,12-13H2,1H3. The minimum atomic E-state index is -0.443. The average Bonchev–Trinajstić information content (AvgIpc) is 3.08. The van der Waals surface area contributed by atoms with Crippen LogP contribution < -0.4 is 4.80 Å². The van der Waals surface area contributed by atoms with Gasteiger partial charge in [0.25, 0.3) is 5.91 Å². The van der Waals surface area contributed by atoms with E-state index in [1.165, 1.54) is 11.3 Å². The highest BCUT2D eigenvalue weighted by Gasteiger charge is 2.16. The monoisotopic (exact) mass is 472 g/mol. The second-order valence-corrected chi connectivity index (χ2v) is 8.60. The zero-order valence-electron chi connectivity index (χ0n) is 16.6. The Bertz CT molecular complexity index is 1370. The Morgan fingerprint density at radius 2 is 1.84 bits per heavy atom. The molecule has 1 amide bonds. The number of carbonyl (C=O) groups is 2. The summed E-state index contributed by atoms with van der Waals surface area (Å²) in [6.45, 7) is 1.87. The molecule has 3 aromatic carbocycles. The van der Waals surface area contributed by atoms with E-state index < -0.39 is 5.97 Å². The van der Waals surface area contributed by atoms with Gasteiger partial charge < -0.3 is 9.30 Å². The van der Waals surface area contributed by atoms with Crippen LogP contribution in [0.15, 0.2) is 59.6 Å². The summed E-state index contributed by atoms with van der Waals surface area (Å²) in [5, 5.41) is 2.74. The average molecular weight is 473 g/mol. The fourth-order valence-electron chi connectivity index (χ4n) is 3.43. The summed E-state index contributed by atoms with van der Waals surface area (Å²) in [6, 6.07) is 17.2. The Morgan fingerprint density at radius 3 is 2.65 bits per heavy atom. The number of hydrogen-bond acceptors (Lipinski definition) is 4. The van der Waals surface area contributed by atoms with Gasteiger partial charge in [0.15, 0.2) is 4.80 Å². The molecule has 8 heteroatoms. The van der Waals surface area contributed by atoms with Crippen LogP contribution in [0.2, 0.25) is 10.0 Å². The molecule has 1 aromatic heterocycles. The predicted molar refractivity (Wildman–Crippen MR) is 125 cm³/mol. The zero-order chi connectivity index (χ0) is 22.0. The Morgan fingerprint density at radius 1 is 1.06 bits per heavy atom. The topological polar surface area (TPSA) is 60.7 Å². The minimum absolute atomic E-state index is 0.117. The number of amides is 1. The number of thiazole rings is 1. The third-order valence-corrected chi connectivity index (χ3v) is 6.61. The maximum Gasteiger partial charge on any atom is 0.326 e. The molecule has 31 heavy (non-hydrogen) atoms. The molecule has 0 aliphatic carbocycles. The summed E-state index contributed by atoms with van der Waals surface area (Å²) in [6.07, 6.45) is 0.142. The van der Waals surface area contributed by atoms with Gasteiger partial charge in [0.05, 0.1) is 33.3 Å². The van der Waals surface area contributed by atoms with Gasteiger partial charge in [-0.05, 0) is 35.4 Å². The van der Waals surface area contributed by atoms with Gasteiger partial charge in [-0.2, -0.15) is 4.99 Å². The molecule has 0 N–H and O–H groups in total. The molecule has 0 bridgehead atoms. The van der Waals surface area contributed by atoms with Gasteiger partial charge >= 0.3 is 5.97 Å². The molecule has 0 saturated heterocycles. The Kier molecular flexibility index (Phi) is 6.41. The van der Waals surface area contributed by atoms with Crippen molar-refractivity contribution in [3.05, 3.63) is 75.0 Å². The van der Waals surface area contributed by atoms with Crippen molar-refractivity contribution in [2.75, 3.05) is 6.61 Å². The number of fused-ring (bicyclic) bond motifs is 2.